The lowest BCUT2D eigenvalue weighted by molar-refractivity contribution is -0.116. The fourth-order valence-electron chi connectivity index (χ4n) is 2.08. The maximum atomic E-state index is 12.0. The van der Waals surface area contributed by atoms with Gasteiger partial charge in [0.1, 0.15) is 6.54 Å². The minimum absolute atomic E-state index is 0.115. The van der Waals surface area contributed by atoms with Crippen LogP contribution in [0.2, 0.25) is 0 Å². The third-order valence-corrected chi connectivity index (χ3v) is 3.25. The van der Waals surface area contributed by atoms with E-state index in [2.05, 4.69) is 20.5 Å². The number of amides is 1. The molecule has 2 aromatic heterocycles. The Hall–Kier alpha value is -3.55. The molecule has 0 aliphatic heterocycles. The Morgan fingerprint density at radius 3 is 2.54 bits per heavy atom. The molecule has 0 spiro atoms. The highest BCUT2D eigenvalue weighted by atomic mass is 16.2. The van der Waals surface area contributed by atoms with Crippen molar-refractivity contribution in [2.75, 3.05) is 5.32 Å². The Bertz CT molecular complexity index is 955. The van der Waals surface area contributed by atoms with E-state index < -0.39 is 0 Å². The zero-order valence-corrected chi connectivity index (χ0v) is 12.5. The lowest BCUT2D eigenvalue weighted by Gasteiger charge is -2.07. The van der Waals surface area contributed by atoms with Crippen molar-refractivity contribution in [3.05, 3.63) is 75.7 Å². The number of rotatable bonds is 4. The van der Waals surface area contributed by atoms with Gasteiger partial charge in [-0.25, -0.2) is 10.1 Å². The molecule has 1 aromatic carbocycles. The average Bonchev–Trinajstić information content (AvgIpc) is 2.58. The van der Waals surface area contributed by atoms with Gasteiger partial charge in [0.25, 0.3) is 11.1 Å². The van der Waals surface area contributed by atoms with Gasteiger partial charge < -0.3 is 5.32 Å². The number of H-pyrrole nitrogens is 1. The minimum Gasteiger partial charge on any atom is -0.325 e. The van der Waals surface area contributed by atoms with E-state index in [4.69, 9.17) is 0 Å². The van der Waals surface area contributed by atoms with Gasteiger partial charge >= 0.3 is 0 Å². The molecule has 0 saturated heterocycles. The molecule has 8 nitrogen and oxygen atoms in total. The van der Waals surface area contributed by atoms with Crippen LogP contribution in [0.1, 0.15) is 0 Å². The zero-order valence-electron chi connectivity index (χ0n) is 12.5. The normalized spacial score (nSPS) is 10.3. The van der Waals surface area contributed by atoms with Crippen LogP contribution in [0.25, 0.3) is 11.3 Å². The van der Waals surface area contributed by atoms with Crippen molar-refractivity contribution in [3.8, 4) is 11.3 Å². The molecule has 3 rings (SSSR count). The highest BCUT2D eigenvalue weighted by molar-refractivity contribution is 5.90. The summed E-state index contributed by atoms with van der Waals surface area (Å²) >= 11 is 0. The fraction of sp³-hybridized carbons (Fsp3) is 0.0625. The lowest BCUT2D eigenvalue weighted by Crippen LogP contribution is -2.26. The van der Waals surface area contributed by atoms with Crippen molar-refractivity contribution in [1.82, 2.24) is 19.7 Å². The molecule has 24 heavy (non-hydrogen) atoms. The van der Waals surface area contributed by atoms with Crippen LogP contribution >= 0.6 is 0 Å². The summed E-state index contributed by atoms with van der Waals surface area (Å²) in [5.41, 5.74) is 1.44. The average molecular weight is 323 g/mol. The maximum absolute atomic E-state index is 12.0. The summed E-state index contributed by atoms with van der Waals surface area (Å²) in [5.74, 6) is -0.333. The van der Waals surface area contributed by atoms with Gasteiger partial charge in [-0.2, -0.15) is 5.10 Å². The van der Waals surface area contributed by atoms with Crippen molar-refractivity contribution >= 4 is 11.6 Å². The van der Waals surface area contributed by atoms with Gasteiger partial charge in [-0.15, -0.1) is 0 Å². The largest absolute Gasteiger partial charge is 0.325 e. The quantitative estimate of drug-likeness (QED) is 0.732. The van der Waals surface area contributed by atoms with Crippen LogP contribution < -0.4 is 16.4 Å². The Morgan fingerprint density at radius 2 is 1.88 bits per heavy atom. The van der Waals surface area contributed by atoms with Crippen LogP contribution in [0.3, 0.4) is 0 Å². The highest BCUT2D eigenvalue weighted by Gasteiger charge is 2.06. The van der Waals surface area contributed by atoms with Crippen LogP contribution in [0.4, 0.5) is 5.69 Å². The van der Waals surface area contributed by atoms with Crippen LogP contribution in [0.5, 0.6) is 0 Å². The number of hydrogen-bond acceptors (Lipinski definition) is 5. The van der Waals surface area contributed by atoms with Gasteiger partial charge in [-0.3, -0.25) is 19.0 Å². The molecular formula is C16H13N5O3. The number of carbonyl (C=O) groups is 1. The topological polar surface area (TPSA) is 110 Å². The van der Waals surface area contributed by atoms with Crippen LogP contribution in [0, 0.1) is 0 Å². The Balaban J connectivity index is 1.69. The number of aromatic nitrogens is 4. The van der Waals surface area contributed by atoms with Gasteiger partial charge in [-0.05, 0) is 18.2 Å². The number of nitrogens with zero attached hydrogens (tertiary/aromatic N) is 3. The Morgan fingerprint density at radius 1 is 1.08 bits per heavy atom. The molecule has 0 fully saturated rings. The highest BCUT2D eigenvalue weighted by Crippen LogP contribution is 2.18. The van der Waals surface area contributed by atoms with Crippen molar-refractivity contribution in [2.24, 2.45) is 0 Å². The molecule has 120 valence electrons. The van der Waals surface area contributed by atoms with Crippen LogP contribution in [-0.2, 0) is 11.3 Å². The Labute approximate surface area is 135 Å². The van der Waals surface area contributed by atoms with Crippen molar-refractivity contribution in [2.45, 2.75) is 6.54 Å². The lowest BCUT2D eigenvalue weighted by atomic mass is 10.1. The SMILES string of the molecule is O=C(Cn1cnccc1=O)Nc1ccc(-c2ccc(=O)[nH]n2)cc1. The van der Waals surface area contributed by atoms with Gasteiger partial charge in [0.15, 0.2) is 0 Å². The first-order valence-corrected chi connectivity index (χ1v) is 7.08. The van der Waals surface area contributed by atoms with Crippen LogP contribution in [-0.4, -0.2) is 25.7 Å². The predicted octanol–water partition coefficient (Wildman–Crippen LogP) is 0.632. The van der Waals surface area contributed by atoms with Gasteiger partial charge in [-0.1, -0.05) is 12.1 Å². The number of nitrogens with one attached hydrogen (secondary N) is 2. The fourth-order valence-corrected chi connectivity index (χ4v) is 2.08. The van der Waals surface area contributed by atoms with Crippen molar-refractivity contribution < 1.29 is 4.79 Å². The Kier molecular flexibility index (Phi) is 4.28. The summed E-state index contributed by atoms with van der Waals surface area (Å²) in [5, 5.41) is 9.00. The second-order valence-corrected chi connectivity index (χ2v) is 4.98. The van der Waals surface area contributed by atoms with E-state index in [1.54, 1.807) is 30.3 Å². The third kappa shape index (κ3) is 3.61. The first-order chi connectivity index (χ1) is 11.6. The van der Waals surface area contributed by atoms with E-state index in [0.717, 1.165) is 5.56 Å². The smallest absolute Gasteiger partial charge is 0.264 e. The minimum atomic E-state index is -0.333. The van der Waals surface area contributed by atoms with Crippen LogP contribution in [0.15, 0.2) is 64.6 Å². The molecule has 2 heterocycles. The zero-order chi connectivity index (χ0) is 16.9. The molecule has 0 aliphatic carbocycles. The van der Waals surface area contributed by atoms with E-state index in [1.807, 2.05) is 0 Å². The molecule has 0 aliphatic rings. The van der Waals surface area contributed by atoms with E-state index in [-0.39, 0.29) is 23.6 Å². The molecule has 2 N–H and O–H groups in total. The van der Waals surface area contributed by atoms with E-state index >= 15 is 0 Å². The van der Waals surface area contributed by atoms with Gasteiger partial charge in [0, 0.05) is 29.6 Å². The van der Waals surface area contributed by atoms with Gasteiger partial charge in [0.2, 0.25) is 5.91 Å². The molecule has 0 unspecified atom stereocenters. The van der Waals surface area contributed by atoms with E-state index in [9.17, 15) is 14.4 Å². The second-order valence-electron chi connectivity index (χ2n) is 4.98. The number of anilines is 1. The summed E-state index contributed by atoms with van der Waals surface area (Å²) in [4.78, 5) is 38.3. The molecule has 0 atom stereocenters. The predicted molar refractivity (Wildman–Crippen MR) is 87.4 cm³/mol. The maximum Gasteiger partial charge on any atom is 0.264 e. The number of benzene rings is 1. The number of hydrogen-bond donors (Lipinski definition) is 2. The molecule has 0 saturated carbocycles. The molecule has 0 radical (unpaired) electrons. The molecule has 8 heteroatoms. The summed E-state index contributed by atoms with van der Waals surface area (Å²) < 4.78 is 1.22. The summed E-state index contributed by atoms with van der Waals surface area (Å²) in [6.45, 7) is -0.115. The number of aromatic amines is 1. The monoisotopic (exact) mass is 323 g/mol. The summed E-state index contributed by atoms with van der Waals surface area (Å²) in [7, 11) is 0. The second kappa shape index (κ2) is 6.69. The van der Waals surface area contributed by atoms with E-state index in [0.29, 0.717) is 11.4 Å². The summed E-state index contributed by atoms with van der Waals surface area (Å²) in [6, 6.07) is 11.3. The number of carbonyl (C=O) groups excluding carboxylic acids is 1. The third-order valence-electron chi connectivity index (χ3n) is 3.25. The van der Waals surface area contributed by atoms with Gasteiger partial charge in [0.05, 0.1) is 12.0 Å². The van der Waals surface area contributed by atoms with E-state index in [1.165, 1.54) is 29.2 Å². The first kappa shape index (κ1) is 15.3. The standard InChI is InChI=1S/C16H13N5O3/c22-14-6-5-13(19-20-14)11-1-3-12(4-2-11)18-15(23)9-21-10-17-8-7-16(21)24/h1-8,10H,9H2,(H,18,23)(H,20,22). The summed E-state index contributed by atoms with van der Waals surface area (Å²) in [6.07, 6.45) is 2.69. The molecule has 0 bridgehead atoms. The molecule has 1 amide bonds. The molecule has 3 aromatic rings. The van der Waals surface area contributed by atoms with Crippen molar-refractivity contribution in [1.29, 1.82) is 0 Å². The first-order valence-electron chi connectivity index (χ1n) is 7.08. The van der Waals surface area contributed by atoms with Crippen molar-refractivity contribution in [3.63, 3.8) is 0 Å². The molecular weight excluding hydrogens is 310 g/mol.